The molecule has 0 unspecified atom stereocenters. The molecule has 7 heteroatoms. The number of nitrogens with one attached hydrogen (secondary N) is 1. The molecule has 0 atom stereocenters. The van der Waals surface area contributed by atoms with Crippen molar-refractivity contribution in [2.75, 3.05) is 11.1 Å². The zero-order valence-electron chi connectivity index (χ0n) is 13.9. The second-order valence-electron chi connectivity index (χ2n) is 5.61. The van der Waals surface area contributed by atoms with Crippen LogP contribution >= 0.6 is 23.4 Å². The van der Waals surface area contributed by atoms with Gasteiger partial charge < -0.3 is 15.0 Å². The van der Waals surface area contributed by atoms with Crippen LogP contribution in [-0.4, -0.2) is 26.3 Å². The Morgan fingerprint density at radius 2 is 2.00 bits per heavy atom. The van der Waals surface area contributed by atoms with E-state index in [0.717, 1.165) is 5.56 Å². The first-order valence-corrected chi connectivity index (χ1v) is 9.39. The predicted molar refractivity (Wildman–Crippen MR) is 104 cm³/mol. The minimum atomic E-state index is -0.142. The van der Waals surface area contributed by atoms with E-state index in [0.29, 0.717) is 28.1 Å². The number of benzene rings is 2. The molecule has 134 valence electrons. The molecule has 0 aliphatic rings. The van der Waals surface area contributed by atoms with Gasteiger partial charge in [-0.3, -0.25) is 4.79 Å². The Balaban J connectivity index is 1.66. The topological polar surface area (TPSA) is 67.1 Å². The summed E-state index contributed by atoms with van der Waals surface area (Å²) in [6, 6.07) is 16.9. The molecule has 0 aliphatic heterocycles. The third-order valence-corrected chi connectivity index (χ3v) is 4.91. The number of hydrogen-bond donors (Lipinski definition) is 2. The molecule has 0 radical (unpaired) electrons. The van der Waals surface area contributed by atoms with Gasteiger partial charge in [-0.15, -0.1) is 0 Å². The van der Waals surface area contributed by atoms with Crippen molar-refractivity contribution in [1.82, 2.24) is 9.55 Å². The van der Waals surface area contributed by atoms with Gasteiger partial charge in [0.15, 0.2) is 5.16 Å². The normalized spacial score (nSPS) is 10.7. The van der Waals surface area contributed by atoms with E-state index < -0.39 is 0 Å². The zero-order chi connectivity index (χ0) is 18.4. The number of rotatable bonds is 7. The maximum Gasteiger partial charge on any atom is 0.234 e. The fraction of sp³-hybridized carbons (Fsp3) is 0.158. The first-order chi connectivity index (χ1) is 12.7. The Labute approximate surface area is 161 Å². The van der Waals surface area contributed by atoms with Gasteiger partial charge in [-0.25, -0.2) is 4.98 Å². The summed E-state index contributed by atoms with van der Waals surface area (Å²) in [5, 5.41) is 13.6. The number of hydrogen-bond acceptors (Lipinski definition) is 4. The maximum absolute atomic E-state index is 12.2. The van der Waals surface area contributed by atoms with Crippen molar-refractivity contribution >= 4 is 35.0 Å². The third kappa shape index (κ3) is 4.88. The quantitative estimate of drug-likeness (QED) is 0.605. The Bertz CT molecular complexity index is 884. The van der Waals surface area contributed by atoms with Gasteiger partial charge in [-0.1, -0.05) is 59.8 Å². The van der Waals surface area contributed by atoms with Gasteiger partial charge >= 0.3 is 0 Å². The van der Waals surface area contributed by atoms with Gasteiger partial charge in [0.2, 0.25) is 5.91 Å². The summed E-state index contributed by atoms with van der Waals surface area (Å²) in [5.41, 5.74) is 2.48. The van der Waals surface area contributed by atoms with E-state index in [-0.39, 0.29) is 18.3 Å². The molecule has 3 rings (SSSR count). The monoisotopic (exact) mass is 387 g/mol. The summed E-state index contributed by atoms with van der Waals surface area (Å²) in [7, 11) is 0. The van der Waals surface area contributed by atoms with Crippen molar-refractivity contribution in [3.05, 3.63) is 77.1 Å². The lowest BCUT2D eigenvalue weighted by Gasteiger charge is -2.11. The molecule has 0 aliphatic carbocycles. The van der Waals surface area contributed by atoms with Crippen molar-refractivity contribution in [1.29, 1.82) is 0 Å². The molecule has 1 heterocycles. The van der Waals surface area contributed by atoms with E-state index in [1.54, 1.807) is 30.5 Å². The molecule has 1 aromatic heterocycles. The number of nitrogens with zero attached hydrogens (tertiary/aromatic N) is 2. The van der Waals surface area contributed by atoms with Crippen molar-refractivity contribution in [3.8, 4) is 0 Å². The van der Waals surface area contributed by atoms with Gasteiger partial charge in [-0.05, 0) is 23.8 Å². The average Bonchev–Trinajstić information content (AvgIpc) is 3.02. The van der Waals surface area contributed by atoms with Crippen LogP contribution in [0.5, 0.6) is 0 Å². The van der Waals surface area contributed by atoms with E-state index >= 15 is 0 Å². The first kappa shape index (κ1) is 18.5. The number of aliphatic hydroxyl groups excluding tert-OH is 1. The predicted octanol–water partition coefficient (Wildman–Crippen LogP) is 3.81. The lowest BCUT2D eigenvalue weighted by Crippen LogP contribution is -2.15. The highest BCUT2D eigenvalue weighted by molar-refractivity contribution is 7.99. The van der Waals surface area contributed by atoms with Gasteiger partial charge in [0.1, 0.15) is 0 Å². The molecule has 3 aromatic rings. The summed E-state index contributed by atoms with van der Waals surface area (Å²) < 4.78 is 1.92. The van der Waals surface area contributed by atoms with Crippen molar-refractivity contribution in [3.63, 3.8) is 0 Å². The highest BCUT2D eigenvalue weighted by Crippen LogP contribution is 2.21. The molecule has 5 nitrogen and oxygen atoms in total. The van der Waals surface area contributed by atoms with Gasteiger partial charge in [0.05, 0.1) is 24.3 Å². The largest absolute Gasteiger partial charge is 0.390 e. The van der Waals surface area contributed by atoms with Gasteiger partial charge in [0.25, 0.3) is 0 Å². The fourth-order valence-electron chi connectivity index (χ4n) is 2.46. The number of thioether (sulfide) groups is 1. The van der Waals surface area contributed by atoms with Gasteiger partial charge in [0, 0.05) is 17.3 Å². The van der Waals surface area contributed by atoms with E-state index in [2.05, 4.69) is 10.3 Å². The molecule has 26 heavy (non-hydrogen) atoms. The standard InChI is InChI=1S/C19H18ClN3O2S/c20-15-7-4-8-16(9-15)22-18(25)13-26-19-21-10-17(12-24)23(19)11-14-5-2-1-3-6-14/h1-10,24H,11-13H2,(H,22,25). The van der Waals surface area contributed by atoms with Crippen molar-refractivity contribution in [2.24, 2.45) is 0 Å². The first-order valence-electron chi connectivity index (χ1n) is 8.03. The number of amides is 1. The lowest BCUT2D eigenvalue weighted by molar-refractivity contribution is -0.113. The number of anilines is 1. The Morgan fingerprint density at radius 1 is 1.19 bits per heavy atom. The SMILES string of the molecule is O=C(CSc1ncc(CO)n1Cc1ccccc1)Nc1cccc(Cl)c1. The summed E-state index contributed by atoms with van der Waals surface area (Å²) in [6.45, 7) is 0.490. The van der Waals surface area contributed by atoms with E-state index in [9.17, 15) is 9.90 Å². The summed E-state index contributed by atoms with van der Waals surface area (Å²) >= 11 is 7.25. The lowest BCUT2D eigenvalue weighted by atomic mass is 10.2. The minimum Gasteiger partial charge on any atom is -0.390 e. The number of halogens is 1. The third-order valence-electron chi connectivity index (χ3n) is 3.69. The minimum absolute atomic E-state index is 0.102. The molecular weight excluding hydrogens is 370 g/mol. The Kier molecular flexibility index (Phi) is 6.33. The number of carbonyl (C=O) groups excluding carboxylic acids is 1. The Hall–Kier alpha value is -2.28. The van der Waals surface area contributed by atoms with Crippen LogP contribution in [0.3, 0.4) is 0 Å². The fourth-order valence-corrected chi connectivity index (χ4v) is 3.45. The van der Waals surface area contributed by atoms with Crippen LogP contribution in [0.15, 0.2) is 66.0 Å². The van der Waals surface area contributed by atoms with Crippen LogP contribution in [0, 0.1) is 0 Å². The van der Waals surface area contributed by atoms with Crippen LogP contribution in [0.4, 0.5) is 5.69 Å². The van der Waals surface area contributed by atoms with Crippen LogP contribution in [0.25, 0.3) is 0 Å². The molecule has 0 bridgehead atoms. The van der Waals surface area contributed by atoms with Crippen molar-refractivity contribution in [2.45, 2.75) is 18.3 Å². The number of imidazole rings is 1. The smallest absolute Gasteiger partial charge is 0.234 e. The molecule has 0 spiro atoms. The van der Waals surface area contributed by atoms with E-state index in [1.807, 2.05) is 34.9 Å². The van der Waals surface area contributed by atoms with Gasteiger partial charge in [-0.2, -0.15) is 0 Å². The van der Waals surface area contributed by atoms with Crippen LogP contribution < -0.4 is 5.32 Å². The highest BCUT2D eigenvalue weighted by Gasteiger charge is 2.13. The summed E-state index contributed by atoms with van der Waals surface area (Å²) in [5.74, 6) is 0.0699. The molecule has 0 fully saturated rings. The van der Waals surface area contributed by atoms with Crippen molar-refractivity contribution < 1.29 is 9.90 Å². The molecule has 2 N–H and O–H groups in total. The molecule has 2 aromatic carbocycles. The van der Waals surface area contributed by atoms with Crippen LogP contribution in [0.1, 0.15) is 11.3 Å². The van der Waals surface area contributed by atoms with E-state index in [1.165, 1.54) is 11.8 Å². The average molecular weight is 388 g/mol. The maximum atomic E-state index is 12.2. The number of aliphatic hydroxyl groups is 1. The number of aromatic nitrogens is 2. The second kappa shape index (κ2) is 8.89. The molecular formula is C19H18ClN3O2S. The van der Waals surface area contributed by atoms with Crippen LogP contribution in [0.2, 0.25) is 5.02 Å². The summed E-state index contributed by atoms with van der Waals surface area (Å²) in [4.78, 5) is 16.5. The molecule has 0 saturated heterocycles. The highest BCUT2D eigenvalue weighted by atomic mass is 35.5. The second-order valence-corrected chi connectivity index (χ2v) is 6.99. The molecule has 0 saturated carbocycles. The molecule has 1 amide bonds. The van der Waals surface area contributed by atoms with Crippen LogP contribution in [-0.2, 0) is 17.9 Å². The van der Waals surface area contributed by atoms with E-state index in [4.69, 9.17) is 11.6 Å². The summed E-state index contributed by atoms with van der Waals surface area (Å²) in [6.07, 6.45) is 1.64. The zero-order valence-corrected chi connectivity index (χ0v) is 15.5. The Morgan fingerprint density at radius 3 is 2.73 bits per heavy atom. The number of carbonyl (C=O) groups is 1.